The van der Waals surface area contributed by atoms with E-state index >= 15 is 0 Å². The number of aromatic nitrogens is 3. The van der Waals surface area contributed by atoms with E-state index in [1.165, 1.54) is 6.20 Å². The maximum atomic E-state index is 12.1. The first-order valence-electron chi connectivity index (χ1n) is 5.94. The van der Waals surface area contributed by atoms with Crippen LogP contribution in [0.3, 0.4) is 0 Å². The zero-order chi connectivity index (χ0) is 14.9. The molecule has 0 aliphatic rings. The average molecular weight is 284 g/mol. The van der Waals surface area contributed by atoms with Crippen LogP contribution in [-0.4, -0.2) is 44.9 Å². The van der Waals surface area contributed by atoms with Gasteiger partial charge in [0.25, 0.3) is 12.3 Å². The SMILES string of the molecule is Cc1nn(C)c2ncc(C(=O)NCC(O)C(F)F)cc12. The molecule has 1 unspecified atom stereocenters. The number of carbonyl (C=O) groups excluding carboxylic acids is 1. The number of halogens is 2. The van der Waals surface area contributed by atoms with Gasteiger partial charge in [-0.3, -0.25) is 9.48 Å². The van der Waals surface area contributed by atoms with E-state index in [1.54, 1.807) is 24.7 Å². The highest BCUT2D eigenvalue weighted by atomic mass is 19.3. The van der Waals surface area contributed by atoms with Gasteiger partial charge in [0.05, 0.1) is 11.3 Å². The molecule has 2 heterocycles. The normalized spacial score (nSPS) is 12.9. The lowest BCUT2D eigenvalue weighted by Gasteiger charge is -2.10. The van der Waals surface area contributed by atoms with E-state index in [9.17, 15) is 13.6 Å². The number of aliphatic hydroxyl groups is 1. The smallest absolute Gasteiger partial charge is 0.265 e. The Morgan fingerprint density at radius 2 is 2.25 bits per heavy atom. The van der Waals surface area contributed by atoms with E-state index in [1.807, 2.05) is 0 Å². The van der Waals surface area contributed by atoms with Crippen LogP contribution in [0, 0.1) is 6.92 Å². The van der Waals surface area contributed by atoms with Crippen LogP contribution < -0.4 is 5.32 Å². The fraction of sp³-hybridized carbons (Fsp3) is 0.417. The summed E-state index contributed by atoms with van der Waals surface area (Å²) in [6, 6.07) is 1.59. The first-order chi connectivity index (χ1) is 9.40. The number of nitrogens with one attached hydrogen (secondary N) is 1. The number of alkyl halides is 2. The van der Waals surface area contributed by atoms with Crippen LogP contribution in [-0.2, 0) is 7.05 Å². The van der Waals surface area contributed by atoms with Gasteiger partial charge in [0.15, 0.2) is 5.65 Å². The minimum atomic E-state index is -2.89. The molecule has 2 aromatic heterocycles. The fourth-order valence-electron chi connectivity index (χ4n) is 1.82. The number of hydrogen-bond donors (Lipinski definition) is 2. The maximum Gasteiger partial charge on any atom is 0.265 e. The third-order valence-corrected chi connectivity index (χ3v) is 2.89. The second-order valence-corrected chi connectivity index (χ2v) is 4.42. The molecule has 0 aliphatic carbocycles. The van der Waals surface area contributed by atoms with Gasteiger partial charge in [-0.05, 0) is 13.0 Å². The Hall–Kier alpha value is -2.09. The highest BCUT2D eigenvalue weighted by Gasteiger charge is 2.18. The monoisotopic (exact) mass is 284 g/mol. The van der Waals surface area contributed by atoms with Crippen LogP contribution in [0.4, 0.5) is 8.78 Å². The summed E-state index contributed by atoms with van der Waals surface area (Å²) >= 11 is 0. The van der Waals surface area contributed by atoms with Gasteiger partial charge in [0.2, 0.25) is 0 Å². The molecule has 0 saturated carbocycles. The lowest BCUT2D eigenvalue weighted by atomic mass is 10.2. The molecular weight excluding hydrogens is 270 g/mol. The molecular formula is C12H14F2N4O2. The second kappa shape index (κ2) is 5.49. The van der Waals surface area contributed by atoms with E-state index in [-0.39, 0.29) is 5.56 Å². The van der Waals surface area contributed by atoms with Crippen molar-refractivity contribution in [3.63, 3.8) is 0 Å². The number of aliphatic hydroxyl groups excluding tert-OH is 1. The van der Waals surface area contributed by atoms with Crippen molar-refractivity contribution in [1.82, 2.24) is 20.1 Å². The summed E-state index contributed by atoms with van der Waals surface area (Å²) in [5.41, 5.74) is 1.58. The minimum absolute atomic E-state index is 0.232. The number of aryl methyl sites for hydroxylation is 2. The lowest BCUT2D eigenvalue weighted by molar-refractivity contribution is -0.00270. The molecule has 0 saturated heterocycles. The first kappa shape index (κ1) is 14.3. The van der Waals surface area contributed by atoms with E-state index in [0.29, 0.717) is 5.65 Å². The molecule has 0 radical (unpaired) electrons. The Balaban J connectivity index is 2.16. The van der Waals surface area contributed by atoms with Gasteiger partial charge < -0.3 is 10.4 Å². The summed E-state index contributed by atoms with van der Waals surface area (Å²) in [7, 11) is 1.74. The molecule has 1 amide bonds. The van der Waals surface area contributed by atoms with Gasteiger partial charge in [-0.15, -0.1) is 0 Å². The third-order valence-electron chi connectivity index (χ3n) is 2.89. The molecule has 0 spiro atoms. The predicted molar refractivity (Wildman–Crippen MR) is 67.6 cm³/mol. The van der Waals surface area contributed by atoms with Crippen LogP contribution in [0.15, 0.2) is 12.3 Å². The molecule has 1 atom stereocenters. The topological polar surface area (TPSA) is 80.0 Å². The highest BCUT2D eigenvalue weighted by Crippen LogP contribution is 2.16. The maximum absolute atomic E-state index is 12.1. The van der Waals surface area contributed by atoms with Gasteiger partial charge in [0, 0.05) is 25.2 Å². The van der Waals surface area contributed by atoms with Gasteiger partial charge in [0.1, 0.15) is 6.10 Å². The van der Waals surface area contributed by atoms with E-state index in [4.69, 9.17) is 5.11 Å². The number of carbonyl (C=O) groups is 1. The summed E-state index contributed by atoms with van der Waals surface area (Å²) < 4.78 is 25.8. The number of hydrogen-bond acceptors (Lipinski definition) is 4. The molecule has 2 N–H and O–H groups in total. The standard InChI is InChI=1S/C12H14F2N4O2/c1-6-8-3-7(4-15-11(8)18(2)17-6)12(20)16-5-9(19)10(13)14/h3-4,9-10,19H,5H2,1-2H3,(H,16,20). The number of pyridine rings is 1. The van der Waals surface area contributed by atoms with Crippen LogP contribution in [0.1, 0.15) is 16.1 Å². The summed E-state index contributed by atoms with van der Waals surface area (Å²) in [4.78, 5) is 15.9. The zero-order valence-electron chi connectivity index (χ0n) is 11.0. The fourth-order valence-corrected chi connectivity index (χ4v) is 1.82. The van der Waals surface area contributed by atoms with Gasteiger partial charge >= 0.3 is 0 Å². The molecule has 20 heavy (non-hydrogen) atoms. The lowest BCUT2D eigenvalue weighted by Crippen LogP contribution is -2.35. The number of fused-ring (bicyclic) bond motifs is 1. The number of amides is 1. The van der Waals surface area contributed by atoms with E-state index in [2.05, 4.69) is 15.4 Å². The molecule has 108 valence electrons. The summed E-state index contributed by atoms with van der Waals surface area (Å²) in [6.45, 7) is 1.27. The van der Waals surface area contributed by atoms with Crippen molar-refractivity contribution in [3.8, 4) is 0 Å². The van der Waals surface area contributed by atoms with E-state index < -0.39 is 25.0 Å². The van der Waals surface area contributed by atoms with Crippen molar-refractivity contribution in [2.45, 2.75) is 19.5 Å². The van der Waals surface area contributed by atoms with Crippen LogP contribution >= 0.6 is 0 Å². The molecule has 0 aliphatic heterocycles. The van der Waals surface area contributed by atoms with Crippen molar-refractivity contribution >= 4 is 16.9 Å². The molecule has 2 aromatic rings. The third kappa shape index (κ3) is 2.74. The molecule has 0 aromatic carbocycles. The largest absolute Gasteiger partial charge is 0.385 e. The number of nitrogens with zero attached hydrogens (tertiary/aromatic N) is 3. The Bertz CT molecular complexity index is 642. The van der Waals surface area contributed by atoms with Gasteiger partial charge in [-0.1, -0.05) is 0 Å². The molecule has 6 nitrogen and oxygen atoms in total. The highest BCUT2D eigenvalue weighted by molar-refractivity contribution is 5.97. The number of rotatable bonds is 4. The van der Waals surface area contributed by atoms with Crippen molar-refractivity contribution in [2.24, 2.45) is 7.05 Å². The van der Waals surface area contributed by atoms with E-state index in [0.717, 1.165) is 11.1 Å². The van der Waals surface area contributed by atoms with Crippen molar-refractivity contribution < 1.29 is 18.7 Å². The first-order valence-corrected chi connectivity index (χ1v) is 5.94. The Morgan fingerprint density at radius 1 is 1.55 bits per heavy atom. The van der Waals surface area contributed by atoms with Crippen molar-refractivity contribution in [3.05, 3.63) is 23.5 Å². The Morgan fingerprint density at radius 3 is 2.90 bits per heavy atom. The molecule has 2 rings (SSSR count). The molecule has 8 heteroatoms. The molecule has 0 fully saturated rings. The summed E-state index contributed by atoms with van der Waals surface area (Å²) in [6.07, 6.45) is -3.43. The van der Waals surface area contributed by atoms with Crippen LogP contribution in [0.25, 0.3) is 11.0 Å². The van der Waals surface area contributed by atoms with Crippen LogP contribution in [0.5, 0.6) is 0 Å². The second-order valence-electron chi connectivity index (χ2n) is 4.42. The zero-order valence-corrected chi connectivity index (χ0v) is 11.0. The van der Waals surface area contributed by atoms with Gasteiger partial charge in [-0.2, -0.15) is 5.10 Å². The Kier molecular flexibility index (Phi) is 3.93. The van der Waals surface area contributed by atoms with Gasteiger partial charge in [-0.25, -0.2) is 13.8 Å². The molecule has 0 bridgehead atoms. The average Bonchev–Trinajstić information content (AvgIpc) is 2.70. The predicted octanol–water partition coefficient (Wildman–Crippen LogP) is 0.633. The van der Waals surface area contributed by atoms with Crippen molar-refractivity contribution in [1.29, 1.82) is 0 Å². The quantitative estimate of drug-likeness (QED) is 0.863. The summed E-state index contributed by atoms with van der Waals surface area (Å²) in [5, 5.41) is 16.1. The summed E-state index contributed by atoms with van der Waals surface area (Å²) in [5.74, 6) is -0.567. The minimum Gasteiger partial charge on any atom is -0.385 e. The van der Waals surface area contributed by atoms with Crippen molar-refractivity contribution in [2.75, 3.05) is 6.54 Å². The Labute approximate surface area is 113 Å². The van der Waals surface area contributed by atoms with Crippen LogP contribution in [0.2, 0.25) is 0 Å².